The van der Waals surface area contributed by atoms with Crippen LogP contribution in [0.3, 0.4) is 0 Å². The van der Waals surface area contributed by atoms with Crippen molar-refractivity contribution < 1.29 is 98.1 Å². The number of carbonyl (C=O) groups is 2. The van der Waals surface area contributed by atoms with Gasteiger partial charge in [0.1, 0.15) is 0 Å². The van der Waals surface area contributed by atoms with Crippen molar-refractivity contribution >= 4 is 11.9 Å². The highest BCUT2D eigenvalue weighted by Crippen LogP contribution is 2.49. The van der Waals surface area contributed by atoms with Crippen molar-refractivity contribution in [3.05, 3.63) is 57.6 Å². The van der Waals surface area contributed by atoms with Gasteiger partial charge in [0.25, 0.3) is 0 Å². The lowest BCUT2D eigenvalue weighted by Crippen LogP contribution is -2.33. The Morgan fingerprint density at radius 2 is 0.761 bits per heavy atom. The molecule has 0 spiro atoms. The molecule has 2 aromatic carbocycles. The largest absolute Gasteiger partial charge is 0.425 e. The van der Waals surface area contributed by atoms with Crippen LogP contribution in [0.5, 0.6) is 11.5 Å². The number of carbonyl (C=O) groups excluding carboxylic acids is 2. The minimum Gasteiger partial charge on any atom is -0.425 e. The van der Waals surface area contributed by atoms with Crippen LogP contribution in [0.15, 0.2) is 24.3 Å². The molecule has 0 aliphatic rings. The normalized spacial score (nSPS) is 13.4. The number of rotatable bonds is 5. The van der Waals surface area contributed by atoms with E-state index >= 15 is 0 Å². The van der Waals surface area contributed by atoms with Gasteiger partial charge in [-0.3, -0.25) is 9.59 Å². The smallest absolute Gasteiger partial charge is 0.420 e. The first-order valence-electron chi connectivity index (χ1n) is 11.1. The van der Waals surface area contributed by atoms with Crippen LogP contribution in [0.25, 0.3) is 0 Å². The average Bonchev–Trinajstić information content (AvgIpc) is 2.83. The molecule has 0 radical (unpaired) electrons. The van der Waals surface area contributed by atoms with E-state index in [1.165, 1.54) is 5.92 Å². The van der Waals surface area contributed by atoms with E-state index in [9.17, 15) is 88.6 Å². The van der Waals surface area contributed by atoms with Crippen molar-refractivity contribution in [3.8, 4) is 23.8 Å². The van der Waals surface area contributed by atoms with Gasteiger partial charge in [0, 0.05) is 6.42 Å². The predicted molar refractivity (Wildman–Crippen MR) is 111 cm³/mol. The van der Waals surface area contributed by atoms with E-state index in [2.05, 4.69) is 9.47 Å². The number of ether oxygens (including phenoxy) is 2. The molecule has 2 aromatic rings. The lowest BCUT2D eigenvalue weighted by Gasteiger charge is -2.23. The first kappa shape index (κ1) is 37.9. The molecular weight excluding hydrogens is 694 g/mol. The van der Waals surface area contributed by atoms with Crippen LogP contribution in [0.1, 0.15) is 39.8 Å². The maximum absolute atomic E-state index is 13.5. The summed E-state index contributed by atoms with van der Waals surface area (Å²) in [5.41, 5.74) is -16.9. The Morgan fingerprint density at radius 1 is 0.522 bits per heavy atom. The van der Waals surface area contributed by atoms with Gasteiger partial charge in [-0.25, -0.2) is 0 Å². The maximum atomic E-state index is 13.5. The summed E-state index contributed by atoms with van der Waals surface area (Å²) in [6.07, 6.45) is -33.3. The summed E-state index contributed by atoms with van der Waals surface area (Å²) in [5, 5.41) is 0. The van der Waals surface area contributed by atoms with Crippen LogP contribution >= 0.6 is 0 Å². The molecule has 46 heavy (non-hydrogen) atoms. The highest BCUT2D eigenvalue weighted by molar-refractivity contribution is 5.97. The van der Waals surface area contributed by atoms with Gasteiger partial charge in [-0.2, -0.15) is 79.0 Å². The summed E-state index contributed by atoms with van der Waals surface area (Å²) in [7, 11) is 0. The Labute approximate surface area is 241 Å². The first-order chi connectivity index (χ1) is 20.4. The zero-order valence-electron chi connectivity index (χ0n) is 21.1. The van der Waals surface area contributed by atoms with Crippen LogP contribution in [-0.4, -0.2) is 11.9 Å². The Hall–Kier alpha value is -4.32. The summed E-state index contributed by atoms with van der Waals surface area (Å²) >= 11 is 0. The number of benzene rings is 2. The van der Waals surface area contributed by atoms with Gasteiger partial charge >= 0.3 is 49.0 Å². The standard InChI is InChI=1S/C24H8F18O4/c1-2-3-10(17(43)45-15-11(21(31,32)33)4-8(19(25,26)27)5-12(15)22(34,35)36)18(44)46-16-13(23(37,38)39)6-9(20(28,29)30)7-14(16)24(40,41)42/h1,4-7,10H,3H2. The zero-order chi connectivity index (χ0) is 36.0. The second kappa shape index (κ2) is 12.1. The number of halogens is 18. The van der Waals surface area contributed by atoms with Crippen molar-refractivity contribution in [2.45, 2.75) is 43.5 Å². The Kier molecular flexibility index (Phi) is 9.98. The van der Waals surface area contributed by atoms with Crippen molar-refractivity contribution in [3.63, 3.8) is 0 Å². The fourth-order valence-electron chi connectivity index (χ4n) is 3.37. The van der Waals surface area contributed by atoms with Gasteiger partial charge in [-0.05, 0) is 24.3 Å². The third-order valence-electron chi connectivity index (χ3n) is 5.35. The Morgan fingerprint density at radius 3 is 0.935 bits per heavy atom. The molecule has 0 atom stereocenters. The van der Waals surface area contributed by atoms with Gasteiger partial charge in [-0.15, -0.1) is 12.3 Å². The highest BCUT2D eigenvalue weighted by atomic mass is 19.4. The average molecular weight is 702 g/mol. The van der Waals surface area contributed by atoms with Crippen molar-refractivity contribution in [1.82, 2.24) is 0 Å². The third-order valence-corrected chi connectivity index (χ3v) is 5.35. The summed E-state index contributed by atoms with van der Waals surface area (Å²) in [4.78, 5) is 25.1. The van der Waals surface area contributed by atoms with E-state index in [0.29, 0.717) is 0 Å². The fourth-order valence-corrected chi connectivity index (χ4v) is 3.37. The monoisotopic (exact) mass is 702 g/mol. The van der Waals surface area contributed by atoms with E-state index in [4.69, 9.17) is 6.42 Å². The van der Waals surface area contributed by atoms with Crippen LogP contribution < -0.4 is 9.47 Å². The molecule has 0 aliphatic heterocycles. The molecule has 0 saturated carbocycles. The second-order valence-electron chi connectivity index (χ2n) is 8.59. The van der Waals surface area contributed by atoms with E-state index in [1.807, 2.05) is 0 Å². The Balaban J connectivity index is 2.77. The molecule has 0 aliphatic carbocycles. The van der Waals surface area contributed by atoms with E-state index < -0.39 is 130 Å². The summed E-state index contributed by atoms with van der Waals surface area (Å²) in [6.45, 7) is 0. The van der Waals surface area contributed by atoms with Crippen LogP contribution in [0.4, 0.5) is 79.0 Å². The zero-order valence-corrected chi connectivity index (χ0v) is 21.1. The SMILES string of the molecule is C#CCC(C(=O)Oc1c(C(F)(F)F)cc(C(F)(F)F)cc1C(F)(F)F)C(=O)Oc1c(C(F)(F)F)cc(C(F)(F)F)cc1C(F)(F)F. The van der Waals surface area contributed by atoms with Gasteiger partial charge in [0.2, 0.25) is 0 Å². The van der Waals surface area contributed by atoms with E-state index in [-0.39, 0.29) is 0 Å². The molecule has 0 fully saturated rings. The fraction of sp³-hybridized carbons (Fsp3) is 0.333. The van der Waals surface area contributed by atoms with Gasteiger partial charge in [0.05, 0.1) is 33.4 Å². The number of alkyl halides is 18. The van der Waals surface area contributed by atoms with Gasteiger partial charge in [0.15, 0.2) is 17.4 Å². The third kappa shape index (κ3) is 8.68. The second-order valence-corrected chi connectivity index (χ2v) is 8.59. The topological polar surface area (TPSA) is 52.6 Å². The van der Waals surface area contributed by atoms with Crippen LogP contribution in [0, 0.1) is 18.3 Å². The number of esters is 2. The van der Waals surface area contributed by atoms with Crippen LogP contribution in [0.2, 0.25) is 0 Å². The number of hydrogen-bond donors (Lipinski definition) is 0. The minimum absolute atomic E-state index is 0.959. The Bertz CT molecular complexity index is 1350. The molecule has 22 heteroatoms. The van der Waals surface area contributed by atoms with Gasteiger partial charge < -0.3 is 9.47 Å². The summed E-state index contributed by atoms with van der Waals surface area (Å²) in [6, 6.07) is -3.83. The molecule has 2 rings (SSSR count). The first-order valence-corrected chi connectivity index (χ1v) is 11.1. The number of terminal acetylenes is 1. The molecule has 0 unspecified atom stereocenters. The van der Waals surface area contributed by atoms with Crippen molar-refractivity contribution in [2.75, 3.05) is 0 Å². The van der Waals surface area contributed by atoms with E-state index in [0.717, 1.165) is 0 Å². The van der Waals surface area contributed by atoms with Crippen LogP contribution in [-0.2, 0) is 46.6 Å². The summed E-state index contributed by atoms with van der Waals surface area (Å²) < 4.78 is 248. The molecule has 0 saturated heterocycles. The van der Waals surface area contributed by atoms with Crippen molar-refractivity contribution in [2.24, 2.45) is 5.92 Å². The maximum Gasteiger partial charge on any atom is 0.420 e. The molecule has 0 aromatic heterocycles. The summed E-state index contributed by atoms with van der Waals surface area (Å²) in [5.74, 6) is -12.8. The van der Waals surface area contributed by atoms with E-state index in [1.54, 1.807) is 0 Å². The molecular formula is C24H8F18O4. The van der Waals surface area contributed by atoms with Gasteiger partial charge in [-0.1, -0.05) is 0 Å². The molecule has 254 valence electrons. The molecule has 0 heterocycles. The molecule has 0 bridgehead atoms. The van der Waals surface area contributed by atoms with Crippen molar-refractivity contribution in [1.29, 1.82) is 0 Å². The molecule has 4 nitrogen and oxygen atoms in total. The predicted octanol–water partition coefficient (Wildman–Crippen LogP) is 8.95. The number of hydrogen-bond acceptors (Lipinski definition) is 4. The lowest BCUT2D eigenvalue weighted by atomic mass is 10.0. The molecule has 0 N–H and O–H groups in total. The lowest BCUT2D eigenvalue weighted by molar-refractivity contribution is -0.156. The molecule has 0 amide bonds. The minimum atomic E-state index is -6.18. The quantitative estimate of drug-likeness (QED) is 0.103. The highest BCUT2D eigenvalue weighted by Gasteiger charge is 2.49.